The number of hydrogen-bond donors (Lipinski definition) is 4. The minimum Gasteiger partial charge on any atom is -0.396 e. The number of nitrogens with zero attached hydrogens (tertiary/aromatic N) is 2. The van der Waals surface area contributed by atoms with Crippen molar-refractivity contribution in [3.05, 3.63) is 71.8 Å². The molecule has 0 aromatic heterocycles. The number of rotatable bonds is 8. The Morgan fingerprint density at radius 3 is 1.10 bits per heavy atom. The topological polar surface area (TPSA) is 87.4 Å². The van der Waals surface area contributed by atoms with Crippen molar-refractivity contribution in [2.45, 2.75) is 13.1 Å². The molecule has 164 valence electrons. The van der Waals surface area contributed by atoms with E-state index < -0.39 is 0 Å². The average Bonchev–Trinajstić information content (AvgIpc) is 2.75. The summed E-state index contributed by atoms with van der Waals surface area (Å²) in [7, 11) is 0. The molecule has 0 saturated carbocycles. The van der Waals surface area contributed by atoms with Crippen LogP contribution in [0.5, 0.6) is 0 Å². The standard InChI is InChI=1S/2C12H17NO2/c2*14-9-12(10-15)7-13(8-12)6-11-4-2-1-3-5-11/h2*1-5,14-15H,6-10H2. The maximum Gasteiger partial charge on any atom is 0.0534 e. The van der Waals surface area contributed by atoms with Gasteiger partial charge in [0, 0.05) is 50.1 Å². The van der Waals surface area contributed by atoms with Crippen LogP contribution in [-0.2, 0) is 13.1 Å². The minimum atomic E-state index is -0.255. The second-order valence-corrected chi connectivity index (χ2v) is 8.89. The summed E-state index contributed by atoms with van der Waals surface area (Å²) >= 11 is 0. The second-order valence-electron chi connectivity index (χ2n) is 8.89. The van der Waals surface area contributed by atoms with Gasteiger partial charge in [-0.1, -0.05) is 60.7 Å². The summed E-state index contributed by atoms with van der Waals surface area (Å²) in [4.78, 5) is 4.48. The Hall–Kier alpha value is -1.80. The number of hydrogen-bond acceptors (Lipinski definition) is 6. The average molecular weight is 415 g/mol. The summed E-state index contributed by atoms with van der Waals surface area (Å²) in [6, 6.07) is 20.5. The number of benzene rings is 2. The lowest BCUT2D eigenvalue weighted by molar-refractivity contribution is -0.0786. The third-order valence-corrected chi connectivity index (χ3v) is 6.08. The van der Waals surface area contributed by atoms with Gasteiger partial charge in [-0.3, -0.25) is 9.80 Å². The summed E-state index contributed by atoms with van der Waals surface area (Å²) < 4.78 is 0. The van der Waals surface area contributed by atoms with Gasteiger partial charge in [0.05, 0.1) is 26.4 Å². The second kappa shape index (κ2) is 10.5. The van der Waals surface area contributed by atoms with E-state index in [9.17, 15) is 0 Å². The molecule has 2 aliphatic rings. The smallest absolute Gasteiger partial charge is 0.0534 e. The zero-order valence-electron chi connectivity index (χ0n) is 17.5. The Kier molecular flexibility index (Phi) is 7.99. The van der Waals surface area contributed by atoms with Gasteiger partial charge in [-0.05, 0) is 11.1 Å². The first-order chi connectivity index (χ1) is 14.6. The van der Waals surface area contributed by atoms with Gasteiger partial charge in [-0.25, -0.2) is 0 Å². The van der Waals surface area contributed by atoms with Crippen LogP contribution in [-0.4, -0.2) is 82.8 Å². The molecule has 0 amide bonds. The highest BCUT2D eigenvalue weighted by molar-refractivity contribution is 5.16. The summed E-state index contributed by atoms with van der Waals surface area (Å²) in [5.41, 5.74) is 2.05. The molecule has 6 heteroatoms. The molecule has 2 heterocycles. The largest absolute Gasteiger partial charge is 0.396 e. The lowest BCUT2D eigenvalue weighted by atomic mass is 9.81. The molecule has 2 aromatic carbocycles. The van der Waals surface area contributed by atoms with E-state index in [4.69, 9.17) is 20.4 Å². The lowest BCUT2D eigenvalue weighted by Gasteiger charge is -2.48. The van der Waals surface area contributed by atoms with Crippen molar-refractivity contribution in [3.63, 3.8) is 0 Å². The summed E-state index contributed by atoms with van der Waals surface area (Å²) in [6.07, 6.45) is 0. The molecule has 4 rings (SSSR count). The normalized spacial score (nSPS) is 19.9. The fraction of sp³-hybridized carbons (Fsp3) is 0.500. The molecule has 2 fully saturated rings. The highest BCUT2D eigenvalue weighted by atomic mass is 16.3. The minimum absolute atomic E-state index is 0.0782. The van der Waals surface area contributed by atoms with E-state index in [-0.39, 0.29) is 37.3 Å². The van der Waals surface area contributed by atoms with E-state index in [0.717, 1.165) is 39.3 Å². The van der Waals surface area contributed by atoms with Crippen molar-refractivity contribution in [2.75, 3.05) is 52.6 Å². The summed E-state index contributed by atoms with van der Waals surface area (Å²) in [5.74, 6) is 0. The SMILES string of the molecule is OCC1(CO)CN(Cc2ccccc2)C1.OCC1(CO)CN(Cc2ccccc2)C1. The van der Waals surface area contributed by atoms with Crippen molar-refractivity contribution in [1.82, 2.24) is 9.80 Å². The Bertz CT molecular complexity index is 667. The maximum atomic E-state index is 9.13. The number of aliphatic hydroxyl groups is 4. The molecular formula is C24H34N2O4. The van der Waals surface area contributed by atoms with Crippen LogP contribution in [0.1, 0.15) is 11.1 Å². The van der Waals surface area contributed by atoms with E-state index in [1.54, 1.807) is 0 Å². The van der Waals surface area contributed by atoms with Crippen molar-refractivity contribution in [1.29, 1.82) is 0 Å². The van der Waals surface area contributed by atoms with Crippen LogP contribution in [0.4, 0.5) is 0 Å². The zero-order valence-corrected chi connectivity index (χ0v) is 17.5. The Balaban J connectivity index is 0.000000171. The van der Waals surface area contributed by atoms with E-state index in [1.165, 1.54) is 11.1 Å². The predicted octanol–water partition coefficient (Wildman–Crippen LogP) is 0.946. The first-order valence-corrected chi connectivity index (χ1v) is 10.5. The van der Waals surface area contributed by atoms with Crippen molar-refractivity contribution >= 4 is 0 Å². The van der Waals surface area contributed by atoms with Crippen LogP contribution in [0.3, 0.4) is 0 Å². The molecule has 0 bridgehead atoms. The highest BCUT2D eigenvalue weighted by Gasteiger charge is 2.42. The first-order valence-electron chi connectivity index (χ1n) is 10.5. The first kappa shape index (κ1) is 22.9. The monoisotopic (exact) mass is 414 g/mol. The molecule has 6 nitrogen and oxygen atoms in total. The zero-order chi connectivity index (χ0) is 21.5. The van der Waals surface area contributed by atoms with Crippen molar-refractivity contribution in [2.24, 2.45) is 10.8 Å². The third kappa shape index (κ3) is 5.66. The lowest BCUT2D eigenvalue weighted by Crippen LogP contribution is -2.59. The van der Waals surface area contributed by atoms with Crippen LogP contribution < -0.4 is 0 Å². The van der Waals surface area contributed by atoms with Gasteiger partial charge < -0.3 is 20.4 Å². The molecule has 0 spiro atoms. The molecule has 4 N–H and O–H groups in total. The van der Waals surface area contributed by atoms with Crippen LogP contribution in [0.2, 0.25) is 0 Å². The molecular weight excluding hydrogens is 380 g/mol. The van der Waals surface area contributed by atoms with E-state index in [2.05, 4.69) is 34.1 Å². The fourth-order valence-electron chi connectivity index (χ4n) is 4.21. The predicted molar refractivity (Wildman–Crippen MR) is 117 cm³/mol. The van der Waals surface area contributed by atoms with Gasteiger partial charge in [0.15, 0.2) is 0 Å². The van der Waals surface area contributed by atoms with Gasteiger partial charge in [-0.2, -0.15) is 0 Å². The molecule has 0 unspecified atom stereocenters. The quantitative estimate of drug-likeness (QED) is 0.515. The molecule has 2 saturated heterocycles. The molecule has 2 aromatic rings. The van der Waals surface area contributed by atoms with Gasteiger partial charge in [0.2, 0.25) is 0 Å². The molecule has 0 radical (unpaired) electrons. The molecule has 2 aliphatic heterocycles. The van der Waals surface area contributed by atoms with E-state index >= 15 is 0 Å². The van der Waals surface area contributed by atoms with Crippen LogP contribution >= 0.6 is 0 Å². The highest BCUT2D eigenvalue weighted by Crippen LogP contribution is 2.31. The third-order valence-electron chi connectivity index (χ3n) is 6.08. The van der Waals surface area contributed by atoms with E-state index in [1.807, 2.05) is 36.4 Å². The Morgan fingerprint density at radius 2 is 0.833 bits per heavy atom. The Labute approximate surface area is 179 Å². The molecule has 0 aliphatic carbocycles. The van der Waals surface area contributed by atoms with Crippen LogP contribution in [0.15, 0.2) is 60.7 Å². The number of likely N-dealkylation sites (tertiary alicyclic amines) is 2. The van der Waals surface area contributed by atoms with Crippen LogP contribution in [0.25, 0.3) is 0 Å². The number of aliphatic hydroxyl groups excluding tert-OH is 4. The van der Waals surface area contributed by atoms with Gasteiger partial charge in [0.1, 0.15) is 0 Å². The van der Waals surface area contributed by atoms with Crippen molar-refractivity contribution < 1.29 is 20.4 Å². The molecule has 30 heavy (non-hydrogen) atoms. The van der Waals surface area contributed by atoms with Gasteiger partial charge in [-0.15, -0.1) is 0 Å². The fourth-order valence-corrected chi connectivity index (χ4v) is 4.21. The van der Waals surface area contributed by atoms with Crippen molar-refractivity contribution in [3.8, 4) is 0 Å². The van der Waals surface area contributed by atoms with Gasteiger partial charge in [0.25, 0.3) is 0 Å². The summed E-state index contributed by atoms with van der Waals surface area (Å²) in [6.45, 7) is 5.27. The molecule has 0 atom stereocenters. The summed E-state index contributed by atoms with van der Waals surface area (Å²) in [5, 5.41) is 36.5. The maximum absolute atomic E-state index is 9.13. The Morgan fingerprint density at radius 1 is 0.533 bits per heavy atom. The van der Waals surface area contributed by atoms with Gasteiger partial charge >= 0.3 is 0 Å². The van der Waals surface area contributed by atoms with Crippen LogP contribution in [0, 0.1) is 10.8 Å². The van der Waals surface area contributed by atoms with E-state index in [0.29, 0.717) is 0 Å².